The highest BCUT2D eigenvalue weighted by Gasteiger charge is 2.18. The first-order valence-corrected chi connectivity index (χ1v) is 8.09. The molecule has 0 spiro atoms. The zero-order valence-corrected chi connectivity index (χ0v) is 13.5. The number of rotatable bonds is 4. The molecule has 8 nitrogen and oxygen atoms in total. The summed E-state index contributed by atoms with van der Waals surface area (Å²) in [5.41, 5.74) is 1.40. The van der Waals surface area contributed by atoms with Crippen LogP contribution in [-0.4, -0.2) is 30.1 Å². The van der Waals surface area contributed by atoms with Crippen LogP contribution in [0.4, 0.5) is 5.69 Å². The molecule has 0 saturated heterocycles. The van der Waals surface area contributed by atoms with E-state index in [-0.39, 0.29) is 5.69 Å². The number of tetrazole rings is 1. The molecule has 0 radical (unpaired) electrons. The fraction of sp³-hybridized carbons (Fsp3) is 0. The quantitative estimate of drug-likeness (QED) is 0.411. The first kappa shape index (κ1) is 15.2. The molecule has 2 aromatic heterocycles. The summed E-state index contributed by atoms with van der Waals surface area (Å²) in [7, 11) is 0. The molecule has 0 aliphatic carbocycles. The van der Waals surface area contributed by atoms with Crippen LogP contribution in [0.1, 0.15) is 0 Å². The molecular formula is C16H10N6O2S. The number of fused-ring (bicyclic) bond motifs is 1. The van der Waals surface area contributed by atoms with Crippen molar-refractivity contribution in [2.45, 2.75) is 10.1 Å². The van der Waals surface area contributed by atoms with Gasteiger partial charge >= 0.3 is 0 Å². The predicted octanol–water partition coefficient (Wildman–Crippen LogP) is 3.27. The number of hydrogen-bond acceptors (Lipinski definition) is 7. The van der Waals surface area contributed by atoms with Gasteiger partial charge in [-0.05, 0) is 52.5 Å². The summed E-state index contributed by atoms with van der Waals surface area (Å²) in [5, 5.41) is 24.1. The van der Waals surface area contributed by atoms with Crippen molar-refractivity contribution in [3.8, 4) is 5.69 Å². The van der Waals surface area contributed by atoms with E-state index in [9.17, 15) is 10.1 Å². The maximum Gasteiger partial charge on any atom is 0.278 e. The Bertz CT molecular complexity index is 1070. The molecule has 25 heavy (non-hydrogen) atoms. The lowest BCUT2D eigenvalue weighted by Gasteiger charge is -2.06. The zero-order valence-electron chi connectivity index (χ0n) is 12.7. The molecule has 0 unspecified atom stereocenters. The molecule has 0 N–H and O–H groups in total. The van der Waals surface area contributed by atoms with Crippen LogP contribution in [0.15, 0.2) is 70.8 Å². The van der Waals surface area contributed by atoms with Crippen LogP contribution in [0.3, 0.4) is 0 Å². The Morgan fingerprint density at radius 2 is 1.88 bits per heavy atom. The van der Waals surface area contributed by atoms with Crippen molar-refractivity contribution < 1.29 is 4.92 Å². The van der Waals surface area contributed by atoms with Crippen LogP contribution < -0.4 is 0 Å². The van der Waals surface area contributed by atoms with E-state index >= 15 is 0 Å². The maximum atomic E-state index is 11.2. The molecule has 2 heterocycles. The number of nitro groups is 1. The second-order valence-corrected chi connectivity index (χ2v) is 6.06. The number of para-hydroxylation sites is 1. The van der Waals surface area contributed by atoms with Gasteiger partial charge in [0, 0.05) is 17.2 Å². The van der Waals surface area contributed by atoms with Crippen molar-refractivity contribution in [3.63, 3.8) is 0 Å². The van der Waals surface area contributed by atoms with Crippen molar-refractivity contribution in [3.05, 3.63) is 70.9 Å². The molecule has 4 aromatic rings. The number of nitrogens with zero attached hydrogens (tertiary/aromatic N) is 6. The molecule has 9 heteroatoms. The summed E-state index contributed by atoms with van der Waals surface area (Å²) in [5.74, 6) is 0. The first-order valence-electron chi connectivity index (χ1n) is 7.28. The molecule has 122 valence electrons. The third-order valence-electron chi connectivity index (χ3n) is 3.55. The number of aromatic nitrogens is 5. The standard InChI is InChI=1S/C16H10N6O2S/c23-22(24)13-8-9-14(15-12(13)7-4-10-17-15)25-16-18-19-20-21(16)11-5-2-1-3-6-11/h1-10H. The zero-order chi connectivity index (χ0) is 17.2. The molecule has 0 aliphatic rings. The summed E-state index contributed by atoms with van der Waals surface area (Å²) >= 11 is 1.31. The van der Waals surface area contributed by atoms with Gasteiger partial charge in [-0.25, -0.2) is 0 Å². The number of pyridine rings is 1. The van der Waals surface area contributed by atoms with E-state index in [2.05, 4.69) is 20.5 Å². The maximum absolute atomic E-state index is 11.2. The predicted molar refractivity (Wildman–Crippen MR) is 91.7 cm³/mol. The number of nitro benzene ring substituents is 1. The van der Waals surface area contributed by atoms with Crippen LogP contribution in [0.2, 0.25) is 0 Å². The average Bonchev–Trinajstić information content (AvgIpc) is 3.10. The van der Waals surface area contributed by atoms with Gasteiger partial charge in [0.2, 0.25) is 5.16 Å². The van der Waals surface area contributed by atoms with E-state index in [0.29, 0.717) is 16.1 Å². The van der Waals surface area contributed by atoms with Crippen LogP contribution in [0, 0.1) is 10.1 Å². The number of benzene rings is 2. The minimum atomic E-state index is -0.410. The fourth-order valence-electron chi connectivity index (χ4n) is 2.45. The molecule has 0 saturated carbocycles. The van der Waals surface area contributed by atoms with Crippen molar-refractivity contribution in [2.75, 3.05) is 0 Å². The van der Waals surface area contributed by atoms with Gasteiger partial charge in [-0.3, -0.25) is 15.1 Å². The molecule has 0 bridgehead atoms. The third-order valence-corrected chi connectivity index (χ3v) is 4.54. The molecule has 4 rings (SSSR count). The van der Waals surface area contributed by atoms with Crippen molar-refractivity contribution in [1.82, 2.24) is 25.2 Å². The summed E-state index contributed by atoms with van der Waals surface area (Å²) in [6.07, 6.45) is 1.61. The Balaban J connectivity index is 1.80. The second-order valence-electron chi connectivity index (χ2n) is 5.05. The average molecular weight is 350 g/mol. The van der Waals surface area contributed by atoms with Gasteiger partial charge in [0.25, 0.3) is 5.69 Å². The van der Waals surface area contributed by atoms with Crippen molar-refractivity contribution >= 4 is 28.4 Å². The lowest BCUT2D eigenvalue weighted by atomic mass is 10.2. The molecule has 0 amide bonds. The van der Waals surface area contributed by atoms with Crippen LogP contribution >= 0.6 is 11.8 Å². The van der Waals surface area contributed by atoms with Crippen LogP contribution in [0.5, 0.6) is 0 Å². The smallest absolute Gasteiger partial charge is 0.258 e. The highest BCUT2D eigenvalue weighted by Crippen LogP contribution is 2.35. The highest BCUT2D eigenvalue weighted by atomic mass is 32.2. The monoisotopic (exact) mass is 350 g/mol. The van der Waals surface area contributed by atoms with Gasteiger partial charge < -0.3 is 0 Å². The lowest BCUT2D eigenvalue weighted by molar-refractivity contribution is -0.383. The second kappa shape index (κ2) is 6.29. The summed E-state index contributed by atoms with van der Waals surface area (Å²) in [4.78, 5) is 15.9. The molecule has 0 aliphatic heterocycles. The van der Waals surface area contributed by atoms with E-state index in [0.717, 1.165) is 10.6 Å². The van der Waals surface area contributed by atoms with Gasteiger partial charge in [0.1, 0.15) is 0 Å². The topological polar surface area (TPSA) is 99.6 Å². The van der Waals surface area contributed by atoms with Gasteiger partial charge in [0.15, 0.2) is 0 Å². The molecule has 2 aromatic carbocycles. The summed E-state index contributed by atoms with van der Waals surface area (Å²) in [6, 6.07) is 16.0. The Morgan fingerprint density at radius 3 is 2.68 bits per heavy atom. The van der Waals surface area contributed by atoms with Gasteiger partial charge in [-0.15, -0.1) is 5.10 Å². The van der Waals surface area contributed by atoms with Crippen LogP contribution in [-0.2, 0) is 0 Å². The number of hydrogen-bond donors (Lipinski definition) is 0. The molecule has 0 atom stereocenters. The minimum Gasteiger partial charge on any atom is -0.258 e. The van der Waals surface area contributed by atoms with E-state index in [1.165, 1.54) is 17.8 Å². The van der Waals surface area contributed by atoms with E-state index in [4.69, 9.17) is 0 Å². The van der Waals surface area contributed by atoms with E-state index in [1.807, 2.05) is 30.3 Å². The Labute approximate surface area is 145 Å². The normalized spacial score (nSPS) is 10.9. The summed E-state index contributed by atoms with van der Waals surface area (Å²) < 4.78 is 1.61. The third kappa shape index (κ3) is 2.81. The Kier molecular flexibility index (Phi) is 3.82. The Hall–Kier alpha value is -3.33. The SMILES string of the molecule is O=[N+]([O-])c1ccc(Sc2nnnn2-c2ccccc2)c2ncccc12. The van der Waals surface area contributed by atoms with Gasteiger partial charge in [0.05, 0.1) is 21.5 Å². The molecule has 0 fully saturated rings. The van der Waals surface area contributed by atoms with Gasteiger partial charge in [-0.2, -0.15) is 4.68 Å². The fourth-order valence-corrected chi connectivity index (χ4v) is 3.34. The Morgan fingerprint density at radius 1 is 1.04 bits per heavy atom. The van der Waals surface area contributed by atoms with Crippen molar-refractivity contribution in [1.29, 1.82) is 0 Å². The van der Waals surface area contributed by atoms with Crippen molar-refractivity contribution in [2.24, 2.45) is 0 Å². The summed E-state index contributed by atoms with van der Waals surface area (Å²) in [6.45, 7) is 0. The highest BCUT2D eigenvalue weighted by molar-refractivity contribution is 7.99. The van der Waals surface area contributed by atoms with E-state index < -0.39 is 4.92 Å². The van der Waals surface area contributed by atoms with E-state index in [1.54, 1.807) is 29.1 Å². The first-order chi connectivity index (χ1) is 12.2. The van der Waals surface area contributed by atoms with Crippen LogP contribution in [0.25, 0.3) is 16.6 Å². The minimum absolute atomic E-state index is 0.0232. The number of non-ortho nitro benzene ring substituents is 1. The lowest BCUT2D eigenvalue weighted by Crippen LogP contribution is -1.98. The van der Waals surface area contributed by atoms with Gasteiger partial charge in [-0.1, -0.05) is 18.2 Å². The largest absolute Gasteiger partial charge is 0.278 e. The molecular weight excluding hydrogens is 340 g/mol.